The Labute approximate surface area is 78.1 Å². The first kappa shape index (κ1) is 10.4. The Bertz CT molecular complexity index is 176. The Morgan fingerprint density at radius 1 is 1.54 bits per heavy atom. The molecule has 76 valence electrons. The Morgan fingerprint density at radius 3 is 3.00 bits per heavy atom. The third-order valence-corrected chi connectivity index (χ3v) is 2.37. The van der Waals surface area contributed by atoms with E-state index in [4.69, 9.17) is 0 Å². The van der Waals surface area contributed by atoms with Gasteiger partial charge in [0.1, 0.15) is 0 Å². The van der Waals surface area contributed by atoms with Gasteiger partial charge in [0.15, 0.2) is 5.67 Å². The molecule has 0 spiro atoms. The molecule has 0 aliphatic carbocycles. The highest BCUT2D eigenvalue weighted by molar-refractivity contribution is 5.85. The molecule has 1 amide bonds. The summed E-state index contributed by atoms with van der Waals surface area (Å²) in [6.45, 7) is 3.70. The summed E-state index contributed by atoms with van der Waals surface area (Å²) >= 11 is 0. The Hall–Kier alpha value is -0.640. The van der Waals surface area contributed by atoms with E-state index in [9.17, 15) is 9.18 Å². The van der Waals surface area contributed by atoms with Crippen molar-refractivity contribution < 1.29 is 9.18 Å². The van der Waals surface area contributed by atoms with Crippen LogP contribution < -0.4 is 10.6 Å². The Kier molecular flexibility index (Phi) is 3.66. The Morgan fingerprint density at radius 2 is 2.31 bits per heavy atom. The lowest BCUT2D eigenvalue weighted by Gasteiger charge is -2.21. The molecule has 1 saturated heterocycles. The molecular weight excluding hydrogens is 171 g/mol. The van der Waals surface area contributed by atoms with Crippen LogP contribution in [0.2, 0.25) is 0 Å². The molecule has 0 saturated carbocycles. The van der Waals surface area contributed by atoms with Crippen molar-refractivity contribution in [3.05, 3.63) is 0 Å². The highest BCUT2D eigenvalue weighted by Crippen LogP contribution is 2.24. The van der Waals surface area contributed by atoms with Crippen LogP contribution in [0.3, 0.4) is 0 Å². The fourth-order valence-electron chi connectivity index (χ4n) is 1.58. The molecule has 2 N–H and O–H groups in total. The smallest absolute Gasteiger partial charge is 0.257 e. The van der Waals surface area contributed by atoms with Crippen LogP contribution in [0.4, 0.5) is 4.39 Å². The average molecular weight is 188 g/mol. The van der Waals surface area contributed by atoms with Crippen molar-refractivity contribution in [2.45, 2.75) is 31.9 Å². The van der Waals surface area contributed by atoms with Crippen LogP contribution in [0.5, 0.6) is 0 Å². The second-order valence-corrected chi connectivity index (χ2v) is 3.43. The van der Waals surface area contributed by atoms with E-state index in [-0.39, 0.29) is 0 Å². The molecule has 1 unspecified atom stereocenters. The summed E-state index contributed by atoms with van der Waals surface area (Å²) in [6, 6.07) is 0. The highest BCUT2D eigenvalue weighted by atomic mass is 19.1. The van der Waals surface area contributed by atoms with Gasteiger partial charge in [-0.1, -0.05) is 0 Å². The van der Waals surface area contributed by atoms with E-state index in [0.717, 1.165) is 13.0 Å². The number of nitrogens with one attached hydrogen (secondary N) is 2. The number of halogens is 1. The number of hydrogen-bond acceptors (Lipinski definition) is 2. The van der Waals surface area contributed by atoms with E-state index in [1.54, 1.807) is 6.92 Å². The van der Waals surface area contributed by atoms with Crippen LogP contribution in [0.1, 0.15) is 26.2 Å². The van der Waals surface area contributed by atoms with E-state index in [1.807, 2.05) is 0 Å². The van der Waals surface area contributed by atoms with E-state index in [1.165, 1.54) is 0 Å². The quantitative estimate of drug-likeness (QED) is 0.666. The number of rotatable bonds is 2. The lowest BCUT2D eigenvalue weighted by molar-refractivity contribution is -0.133. The van der Waals surface area contributed by atoms with Crippen LogP contribution in [0.15, 0.2) is 0 Å². The van der Waals surface area contributed by atoms with Crippen molar-refractivity contribution in [1.29, 1.82) is 0 Å². The van der Waals surface area contributed by atoms with Crippen LogP contribution in [0.25, 0.3) is 0 Å². The number of alkyl halides is 1. The standard InChI is InChI=1S/C9H17FN2O/c1-2-12-8(13)9(10)4-3-6-11-7-5-9/h11H,2-7H2,1H3,(H,12,13). The molecule has 1 rings (SSSR count). The zero-order chi connectivity index (χ0) is 9.73. The van der Waals surface area contributed by atoms with Crippen LogP contribution in [-0.4, -0.2) is 31.2 Å². The van der Waals surface area contributed by atoms with Gasteiger partial charge in [0.25, 0.3) is 5.91 Å². The number of carbonyl (C=O) groups is 1. The number of hydrogen-bond donors (Lipinski definition) is 2. The van der Waals surface area contributed by atoms with E-state index < -0.39 is 11.6 Å². The fourth-order valence-corrected chi connectivity index (χ4v) is 1.58. The van der Waals surface area contributed by atoms with Crippen molar-refractivity contribution in [2.24, 2.45) is 0 Å². The molecule has 1 aliphatic rings. The van der Waals surface area contributed by atoms with Gasteiger partial charge in [0.05, 0.1) is 0 Å². The first-order valence-corrected chi connectivity index (χ1v) is 4.87. The van der Waals surface area contributed by atoms with Gasteiger partial charge in [-0.3, -0.25) is 4.79 Å². The van der Waals surface area contributed by atoms with Crippen molar-refractivity contribution in [2.75, 3.05) is 19.6 Å². The van der Waals surface area contributed by atoms with Gasteiger partial charge in [-0.15, -0.1) is 0 Å². The van der Waals surface area contributed by atoms with Crippen molar-refractivity contribution >= 4 is 5.91 Å². The minimum absolute atomic E-state index is 0.291. The topological polar surface area (TPSA) is 41.1 Å². The van der Waals surface area contributed by atoms with Gasteiger partial charge in [-0.25, -0.2) is 4.39 Å². The third-order valence-electron chi connectivity index (χ3n) is 2.37. The van der Waals surface area contributed by atoms with E-state index >= 15 is 0 Å². The van der Waals surface area contributed by atoms with Gasteiger partial charge < -0.3 is 10.6 Å². The normalized spacial score (nSPS) is 29.4. The summed E-state index contributed by atoms with van der Waals surface area (Å²) < 4.78 is 14.0. The lowest BCUT2D eigenvalue weighted by atomic mass is 9.96. The van der Waals surface area contributed by atoms with Crippen LogP contribution in [-0.2, 0) is 4.79 Å². The maximum absolute atomic E-state index is 14.0. The molecule has 4 heteroatoms. The van der Waals surface area contributed by atoms with Gasteiger partial charge in [0, 0.05) is 13.0 Å². The lowest BCUT2D eigenvalue weighted by Crippen LogP contribution is -2.43. The second-order valence-electron chi connectivity index (χ2n) is 3.43. The van der Waals surface area contributed by atoms with Crippen molar-refractivity contribution in [3.63, 3.8) is 0 Å². The van der Waals surface area contributed by atoms with Crippen LogP contribution >= 0.6 is 0 Å². The molecule has 0 bridgehead atoms. The molecule has 1 fully saturated rings. The predicted octanol–water partition coefficient (Wildman–Crippen LogP) is 0.604. The molecular formula is C9H17FN2O. The zero-order valence-corrected chi connectivity index (χ0v) is 8.03. The van der Waals surface area contributed by atoms with Gasteiger partial charge in [0.2, 0.25) is 0 Å². The molecule has 1 heterocycles. The first-order valence-electron chi connectivity index (χ1n) is 4.87. The summed E-state index contributed by atoms with van der Waals surface area (Å²) in [5, 5.41) is 5.62. The highest BCUT2D eigenvalue weighted by Gasteiger charge is 2.37. The molecule has 0 aromatic carbocycles. The summed E-state index contributed by atoms with van der Waals surface area (Å²) in [6.07, 6.45) is 1.36. The average Bonchev–Trinajstić information content (AvgIpc) is 2.32. The summed E-state index contributed by atoms with van der Waals surface area (Å²) in [5.41, 5.74) is -1.64. The molecule has 13 heavy (non-hydrogen) atoms. The molecule has 0 aromatic heterocycles. The zero-order valence-electron chi connectivity index (χ0n) is 8.03. The van der Waals surface area contributed by atoms with Crippen molar-refractivity contribution in [1.82, 2.24) is 10.6 Å². The Balaban J connectivity index is 2.55. The predicted molar refractivity (Wildman–Crippen MR) is 49.2 cm³/mol. The second kappa shape index (κ2) is 4.56. The minimum atomic E-state index is -1.64. The number of amides is 1. The van der Waals surface area contributed by atoms with E-state index in [2.05, 4.69) is 10.6 Å². The monoisotopic (exact) mass is 188 g/mol. The summed E-state index contributed by atoms with van der Waals surface area (Å²) in [4.78, 5) is 11.4. The molecule has 3 nitrogen and oxygen atoms in total. The summed E-state index contributed by atoms with van der Waals surface area (Å²) in [5.74, 6) is -0.446. The summed E-state index contributed by atoms with van der Waals surface area (Å²) in [7, 11) is 0. The number of carbonyl (C=O) groups excluding carboxylic acids is 1. The van der Waals surface area contributed by atoms with Gasteiger partial charge >= 0.3 is 0 Å². The van der Waals surface area contributed by atoms with Crippen molar-refractivity contribution in [3.8, 4) is 0 Å². The fraction of sp³-hybridized carbons (Fsp3) is 0.889. The largest absolute Gasteiger partial charge is 0.354 e. The van der Waals surface area contributed by atoms with Gasteiger partial charge in [-0.05, 0) is 32.9 Å². The molecule has 0 aromatic rings. The maximum atomic E-state index is 14.0. The first-order chi connectivity index (χ1) is 6.19. The minimum Gasteiger partial charge on any atom is -0.354 e. The molecule has 0 radical (unpaired) electrons. The van der Waals surface area contributed by atoms with Gasteiger partial charge in [-0.2, -0.15) is 0 Å². The molecule has 1 atom stereocenters. The molecule has 1 aliphatic heterocycles. The maximum Gasteiger partial charge on any atom is 0.257 e. The van der Waals surface area contributed by atoms with Crippen LogP contribution in [0, 0.1) is 0 Å². The van der Waals surface area contributed by atoms with E-state index in [0.29, 0.717) is 25.9 Å². The SMILES string of the molecule is CCNC(=O)C1(F)CCCNCC1. The third kappa shape index (κ3) is 2.66.